The summed E-state index contributed by atoms with van der Waals surface area (Å²) in [6.45, 7) is -4.25. The summed E-state index contributed by atoms with van der Waals surface area (Å²) in [5.41, 5.74) is 0.960. The SMILES string of the molecule is Cc1ccc(OC[B-](F)(F)F)c(Br)c1. The molecule has 1 rings (SSSR count). The molecule has 0 unspecified atom stereocenters. The van der Waals surface area contributed by atoms with Crippen LogP contribution in [0.5, 0.6) is 5.75 Å². The summed E-state index contributed by atoms with van der Waals surface area (Å²) >= 11 is 3.13. The third-order valence-corrected chi connectivity index (χ3v) is 2.13. The molecule has 0 aromatic heterocycles. The van der Waals surface area contributed by atoms with Crippen LogP contribution in [0.1, 0.15) is 5.56 Å². The van der Waals surface area contributed by atoms with Crippen LogP contribution in [0.15, 0.2) is 22.7 Å². The monoisotopic (exact) mass is 267 g/mol. The van der Waals surface area contributed by atoms with Crippen molar-refractivity contribution in [2.45, 2.75) is 6.92 Å². The van der Waals surface area contributed by atoms with Gasteiger partial charge in [0.25, 0.3) is 0 Å². The highest BCUT2D eigenvalue weighted by molar-refractivity contribution is 9.10. The molecule has 14 heavy (non-hydrogen) atoms. The Bertz CT molecular complexity index is 327. The van der Waals surface area contributed by atoms with Crippen LogP contribution in [0.25, 0.3) is 0 Å². The van der Waals surface area contributed by atoms with Gasteiger partial charge in [-0.25, -0.2) is 0 Å². The molecule has 0 saturated carbocycles. The van der Waals surface area contributed by atoms with Gasteiger partial charge in [0.05, 0.1) is 11.0 Å². The first-order valence-corrected chi connectivity index (χ1v) is 4.78. The quantitative estimate of drug-likeness (QED) is 0.762. The van der Waals surface area contributed by atoms with Crippen molar-refractivity contribution >= 4 is 22.9 Å². The fourth-order valence-corrected chi connectivity index (χ4v) is 1.51. The lowest BCUT2D eigenvalue weighted by molar-refractivity contribution is 0.312. The van der Waals surface area contributed by atoms with Crippen LogP contribution in [-0.2, 0) is 0 Å². The third-order valence-electron chi connectivity index (χ3n) is 1.52. The van der Waals surface area contributed by atoms with Crippen molar-refractivity contribution in [3.63, 3.8) is 0 Å². The summed E-state index contributed by atoms with van der Waals surface area (Å²) in [6, 6.07) is 4.92. The van der Waals surface area contributed by atoms with Crippen molar-refractivity contribution in [1.82, 2.24) is 0 Å². The lowest BCUT2D eigenvalue weighted by Gasteiger charge is -2.16. The molecule has 0 bridgehead atoms. The van der Waals surface area contributed by atoms with E-state index < -0.39 is 13.5 Å². The van der Waals surface area contributed by atoms with Crippen molar-refractivity contribution in [1.29, 1.82) is 0 Å². The van der Waals surface area contributed by atoms with E-state index in [0.29, 0.717) is 4.47 Å². The molecule has 0 spiro atoms. The van der Waals surface area contributed by atoms with E-state index in [-0.39, 0.29) is 5.75 Å². The minimum Gasteiger partial charge on any atom is -0.521 e. The summed E-state index contributed by atoms with van der Waals surface area (Å²) in [6.07, 6.45) is 0. The average Bonchev–Trinajstić information content (AvgIpc) is 2.00. The Morgan fingerprint density at radius 3 is 2.50 bits per heavy atom. The molecular formula is C8H8BBrF3O-. The highest BCUT2D eigenvalue weighted by Gasteiger charge is 2.24. The highest BCUT2D eigenvalue weighted by Crippen LogP contribution is 2.26. The normalized spacial score (nSPS) is 11.5. The lowest BCUT2D eigenvalue weighted by atomic mass is 9.95. The first kappa shape index (κ1) is 11.4. The van der Waals surface area contributed by atoms with E-state index in [1.807, 2.05) is 6.92 Å². The fourth-order valence-electron chi connectivity index (χ4n) is 0.907. The number of ether oxygens (including phenoxy) is 1. The Morgan fingerprint density at radius 1 is 1.36 bits per heavy atom. The van der Waals surface area contributed by atoms with Crippen molar-refractivity contribution < 1.29 is 17.7 Å². The van der Waals surface area contributed by atoms with Crippen LogP contribution in [0.3, 0.4) is 0 Å². The number of benzene rings is 1. The van der Waals surface area contributed by atoms with Gasteiger partial charge in [-0.05, 0) is 40.5 Å². The van der Waals surface area contributed by atoms with Gasteiger partial charge < -0.3 is 17.7 Å². The third kappa shape index (κ3) is 3.61. The average molecular weight is 268 g/mol. The van der Waals surface area contributed by atoms with Crippen molar-refractivity contribution in [3.8, 4) is 5.75 Å². The zero-order chi connectivity index (χ0) is 10.8. The van der Waals surface area contributed by atoms with E-state index in [4.69, 9.17) is 0 Å². The second-order valence-corrected chi connectivity index (χ2v) is 3.81. The van der Waals surface area contributed by atoms with Gasteiger partial charge in [-0.1, -0.05) is 6.07 Å². The van der Waals surface area contributed by atoms with Gasteiger partial charge in [-0.2, -0.15) is 0 Å². The van der Waals surface area contributed by atoms with Gasteiger partial charge in [-0.15, -0.1) is 0 Å². The molecule has 0 radical (unpaired) electrons. The van der Waals surface area contributed by atoms with Gasteiger partial charge in [0.2, 0.25) is 0 Å². The minimum atomic E-state index is -4.89. The van der Waals surface area contributed by atoms with Crippen LogP contribution in [-0.4, -0.2) is 13.5 Å². The zero-order valence-corrected chi connectivity index (χ0v) is 9.02. The molecule has 6 heteroatoms. The lowest BCUT2D eigenvalue weighted by Crippen LogP contribution is -2.26. The van der Waals surface area contributed by atoms with E-state index >= 15 is 0 Å². The van der Waals surface area contributed by atoms with E-state index in [9.17, 15) is 12.9 Å². The molecule has 0 N–H and O–H groups in total. The molecule has 1 nitrogen and oxygen atoms in total. The molecule has 0 fully saturated rings. The molecule has 1 aromatic rings. The first-order valence-electron chi connectivity index (χ1n) is 3.98. The molecule has 78 valence electrons. The molecule has 0 aliphatic heterocycles. The Labute approximate surface area is 88.4 Å². The second-order valence-electron chi connectivity index (χ2n) is 2.96. The summed E-state index contributed by atoms with van der Waals surface area (Å²) < 4.78 is 40.8. The Morgan fingerprint density at radius 2 is 2.00 bits per heavy atom. The molecular weight excluding hydrogens is 260 g/mol. The van der Waals surface area contributed by atoms with Gasteiger partial charge >= 0.3 is 6.98 Å². The topological polar surface area (TPSA) is 9.23 Å². The first-order chi connectivity index (χ1) is 6.38. The summed E-state index contributed by atoms with van der Waals surface area (Å²) in [5, 5.41) is 0. The minimum absolute atomic E-state index is 0.217. The van der Waals surface area contributed by atoms with Crippen molar-refractivity contribution in [3.05, 3.63) is 28.2 Å². The van der Waals surface area contributed by atoms with Crippen molar-refractivity contribution in [2.24, 2.45) is 0 Å². The van der Waals surface area contributed by atoms with E-state index in [1.165, 1.54) is 6.07 Å². The Balaban J connectivity index is 2.68. The van der Waals surface area contributed by atoms with Crippen LogP contribution in [0.2, 0.25) is 0 Å². The number of rotatable bonds is 3. The number of hydrogen-bond acceptors (Lipinski definition) is 1. The molecule has 0 aliphatic carbocycles. The maximum absolute atomic E-state index is 11.9. The maximum atomic E-state index is 11.9. The predicted octanol–water partition coefficient (Wildman–Crippen LogP) is 3.52. The molecule has 0 saturated heterocycles. The zero-order valence-electron chi connectivity index (χ0n) is 7.44. The van der Waals surface area contributed by atoms with E-state index in [1.54, 1.807) is 12.1 Å². The summed E-state index contributed by atoms with van der Waals surface area (Å²) in [5.74, 6) is 0.217. The second kappa shape index (κ2) is 4.25. The van der Waals surface area contributed by atoms with Crippen molar-refractivity contribution in [2.75, 3.05) is 6.51 Å². The Hall–Kier alpha value is -0.645. The van der Waals surface area contributed by atoms with Crippen LogP contribution in [0, 0.1) is 6.92 Å². The largest absolute Gasteiger partial charge is 0.521 e. The summed E-state index contributed by atoms with van der Waals surface area (Å²) in [4.78, 5) is 0. The smallest absolute Gasteiger partial charge is 0.515 e. The predicted molar refractivity (Wildman–Crippen MR) is 53.5 cm³/mol. The fraction of sp³-hybridized carbons (Fsp3) is 0.250. The van der Waals surface area contributed by atoms with E-state index in [2.05, 4.69) is 20.7 Å². The van der Waals surface area contributed by atoms with E-state index in [0.717, 1.165) is 5.56 Å². The summed E-state index contributed by atoms with van der Waals surface area (Å²) in [7, 11) is 0. The number of hydrogen-bond donors (Lipinski definition) is 0. The number of aryl methyl sites for hydroxylation is 1. The van der Waals surface area contributed by atoms with Crippen LogP contribution in [0.4, 0.5) is 12.9 Å². The van der Waals surface area contributed by atoms with Gasteiger partial charge in [-0.3, -0.25) is 0 Å². The van der Waals surface area contributed by atoms with Gasteiger partial charge in [0, 0.05) is 0 Å². The van der Waals surface area contributed by atoms with Crippen LogP contribution < -0.4 is 4.74 Å². The molecule has 0 amide bonds. The Kier molecular flexibility index (Phi) is 3.47. The maximum Gasteiger partial charge on any atom is 0.515 e. The van der Waals surface area contributed by atoms with Gasteiger partial charge in [0.15, 0.2) is 0 Å². The standard InChI is InChI=1S/C8H8BBrF3O/c1-6-2-3-8(7(10)4-6)14-5-9(11,12)13/h2-4H,5H2,1H3/q-1. The van der Waals surface area contributed by atoms with Crippen LogP contribution >= 0.6 is 15.9 Å². The molecule has 0 atom stereocenters. The molecule has 0 aliphatic rings. The number of halogens is 4. The molecule has 0 heterocycles. The highest BCUT2D eigenvalue weighted by atomic mass is 79.9. The molecule has 1 aromatic carbocycles. The van der Waals surface area contributed by atoms with Gasteiger partial charge in [0.1, 0.15) is 5.75 Å².